The minimum atomic E-state index is -3.94. The second-order valence-corrected chi connectivity index (χ2v) is 9.91. The topological polar surface area (TPSA) is 40.6 Å². The number of thiophene rings is 1. The van der Waals surface area contributed by atoms with Crippen LogP contribution in [0.3, 0.4) is 0 Å². The lowest BCUT2D eigenvalue weighted by atomic mass is 10.3. The Hall–Kier alpha value is -0.870. The van der Waals surface area contributed by atoms with E-state index in [0.29, 0.717) is 19.2 Å². The van der Waals surface area contributed by atoms with Crippen LogP contribution in [-0.2, 0) is 16.6 Å². The van der Waals surface area contributed by atoms with Crippen LogP contribution >= 0.6 is 27.3 Å². The highest BCUT2D eigenvalue weighted by Gasteiger charge is 2.30. The number of piperazine rings is 1. The van der Waals surface area contributed by atoms with Crippen molar-refractivity contribution >= 4 is 37.3 Å². The Morgan fingerprint density at radius 3 is 2.38 bits per heavy atom. The first-order valence-corrected chi connectivity index (χ1v) is 10.3. The van der Waals surface area contributed by atoms with Gasteiger partial charge in [0.1, 0.15) is 16.5 Å². The van der Waals surface area contributed by atoms with E-state index in [1.165, 1.54) is 9.18 Å². The summed E-state index contributed by atoms with van der Waals surface area (Å²) < 4.78 is 54.2. The summed E-state index contributed by atoms with van der Waals surface area (Å²) in [5, 5.41) is 0. The van der Waals surface area contributed by atoms with Gasteiger partial charge in [0.25, 0.3) is 0 Å². The fourth-order valence-electron chi connectivity index (χ4n) is 2.61. The van der Waals surface area contributed by atoms with Crippen molar-refractivity contribution in [3.8, 4) is 0 Å². The molecule has 1 saturated heterocycles. The molecule has 0 bridgehead atoms. The third-order valence-electron chi connectivity index (χ3n) is 3.85. The Morgan fingerprint density at radius 1 is 1.08 bits per heavy atom. The van der Waals surface area contributed by atoms with E-state index < -0.39 is 26.6 Å². The molecule has 1 fully saturated rings. The highest BCUT2D eigenvalue weighted by molar-refractivity contribution is 9.11. The number of hydrogen-bond acceptors (Lipinski definition) is 4. The Morgan fingerprint density at radius 2 is 1.79 bits per heavy atom. The molecule has 2 aromatic rings. The van der Waals surface area contributed by atoms with Gasteiger partial charge in [0, 0.05) is 43.7 Å². The molecular formula is C15H15BrF2N2O2S2. The van der Waals surface area contributed by atoms with Crippen LogP contribution in [0.1, 0.15) is 4.88 Å². The van der Waals surface area contributed by atoms with Gasteiger partial charge in [0.15, 0.2) is 0 Å². The quantitative estimate of drug-likeness (QED) is 0.737. The van der Waals surface area contributed by atoms with Crippen molar-refractivity contribution < 1.29 is 17.2 Å². The van der Waals surface area contributed by atoms with Crippen LogP contribution in [0.25, 0.3) is 0 Å². The van der Waals surface area contributed by atoms with Gasteiger partial charge in [0.05, 0.1) is 3.79 Å². The molecule has 3 rings (SSSR count). The fraction of sp³-hybridized carbons (Fsp3) is 0.333. The van der Waals surface area contributed by atoms with E-state index in [1.54, 1.807) is 11.3 Å². The Labute approximate surface area is 151 Å². The molecule has 24 heavy (non-hydrogen) atoms. The summed E-state index contributed by atoms with van der Waals surface area (Å²) >= 11 is 5.07. The first kappa shape index (κ1) is 17.9. The molecule has 130 valence electrons. The van der Waals surface area contributed by atoms with E-state index in [2.05, 4.69) is 20.8 Å². The lowest BCUT2D eigenvalue weighted by Crippen LogP contribution is -2.48. The summed E-state index contributed by atoms with van der Waals surface area (Å²) in [7, 11) is -3.94. The van der Waals surface area contributed by atoms with E-state index in [0.717, 1.165) is 22.5 Å². The Kier molecular flexibility index (Phi) is 5.36. The van der Waals surface area contributed by atoms with Crippen LogP contribution in [0.5, 0.6) is 0 Å². The van der Waals surface area contributed by atoms with E-state index in [-0.39, 0.29) is 13.1 Å². The normalized spacial score (nSPS) is 17.3. The second-order valence-electron chi connectivity index (χ2n) is 5.46. The zero-order valence-corrected chi connectivity index (χ0v) is 15.8. The summed E-state index contributed by atoms with van der Waals surface area (Å²) in [6.45, 7) is 2.46. The maximum Gasteiger partial charge on any atom is 0.246 e. The van der Waals surface area contributed by atoms with Gasteiger partial charge in [0.2, 0.25) is 10.0 Å². The number of hydrogen-bond donors (Lipinski definition) is 0. The lowest BCUT2D eigenvalue weighted by Gasteiger charge is -2.33. The van der Waals surface area contributed by atoms with Gasteiger partial charge in [-0.25, -0.2) is 17.2 Å². The first-order valence-electron chi connectivity index (χ1n) is 7.28. The van der Waals surface area contributed by atoms with Crippen LogP contribution in [0.15, 0.2) is 39.0 Å². The Balaban J connectivity index is 1.67. The Bertz CT molecular complexity index is 834. The van der Waals surface area contributed by atoms with Crippen molar-refractivity contribution in [2.75, 3.05) is 26.2 Å². The van der Waals surface area contributed by atoms with E-state index in [1.807, 2.05) is 12.1 Å². The third kappa shape index (κ3) is 3.85. The monoisotopic (exact) mass is 436 g/mol. The summed E-state index contributed by atoms with van der Waals surface area (Å²) in [6, 6.07) is 6.55. The molecule has 0 saturated carbocycles. The fourth-order valence-corrected chi connectivity index (χ4v) is 5.60. The zero-order valence-electron chi connectivity index (χ0n) is 12.6. The molecule has 1 aromatic heterocycles. The predicted molar refractivity (Wildman–Crippen MR) is 92.4 cm³/mol. The minimum Gasteiger partial charge on any atom is -0.296 e. The van der Waals surface area contributed by atoms with Crippen LogP contribution in [0.4, 0.5) is 8.78 Å². The lowest BCUT2D eigenvalue weighted by molar-refractivity contribution is 0.182. The van der Waals surface area contributed by atoms with Crippen LogP contribution in [0, 0.1) is 11.6 Å². The highest BCUT2D eigenvalue weighted by atomic mass is 79.9. The van der Waals surface area contributed by atoms with Gasteiger partial charge in [-0.15, -0.1) is 11.3 Å². The average Bonchev–Trinajstić information content (AvgIpc) is 2.92. The maximum absolute atomic E-state index is 13.8. The molecule has 0 amide bonds. The van der Waals surface area contributed by atoms with Crippen molar-refractivity contribution in [2.45, 2.75) is 11.4 Å². The van der Waals surface area contributed by atoms with E-state index >= 15 is 0 Å². The van der Waals surface area contributed by atoms with Crippen LogP contribution < -0.4 is 0 Å². The van der Waals surface area contributed by atoms with Gasteiger partial charge in [-0.05, 0) is 40.2 Å². The smallest absolute Gasteiger partial charge is 0.246 e. The van der Waals surface area contributed by atoms with Gasteiger partial charge in [-0.1, -0.05) is 0 Å². The van der Waals surface area contributed by atoms with Crippen LogP contribution in [0.2, 0.25) is 0 Å². The standard InChI is InChI=1S/C15H15BrF2N2O2S2/c16-15-4-2-12(23-15)10-19-5-7-20(8-6-19)24(21,22)14-3-1-11(17)9-13(14)18/h1-4,9H,5-8,10H2. The minimum absolute atomic E-state index is 0.283. The van der Waals surface area contributed by atoms with Crippen molar-refractivity contribution in [1.82, 2.24) is 9.21 Å². The molecule has 2 heterocycles. The molecule has 0 unspecified atom stereocenters. The molecule has 0 spiro atoms. The third-order valence-corrected chi connectivity index (χ3v) is 7.39. The largest absolute Gasteiger partial charge is 0.296 e. The average molecular weight is 437 g/mol. The molecule has 1 aliphatic rings. The van der Waals surface area contributed by atoms with Crippen molar-refractivity contribution in [3.63, 3.8) is 0 Å². The number of nitrogens with zero attached hydrogens (tertiary/aromatic N) is 2. The van der Waals surface area contributed by atoms with Gasteiger partial charge < -0.3 is 0 Å². The number of sulfonamides is 1. The number of rotatable bonds is 4. The molecule has 9 heteroatoms. The maximum atomic E-state index is 13.8. The molecule has 0 atom stereocenters. The van der Waals surface area contributed by atoms with Gasteiger partial charge in [-0.2, -0.15) is 4.31 Å². The molecule has 1 aromatic carbocycles. The second kappa shape index (κ2) is 7.17. The summed E-state index contributed by atoms with van der Waals surface area (Å²) in [5.41, 5.74) is 0. The van der Waals surface area contributed by atoms with Crippen LogP contribution in [-0.4, -0.2) is 43.8 Å². The van der Waals surface area contributed by atoms with E-state index in [4.69, 9.17) is 0 Å². The molecular weight excluding hydrogens is 422 g/mol. The number of halogens is 3. The van der Waals surface area contributed by atoms with Gasteiger partial charge >= 0.3 is 0 Å². The van der Waals surface area contributed by atoms with Crippen molar-refractivity contribution in [2.24, 2.45) is 0 Å². The SMILES string of the molecule is O=S(=O)(c1ccc(F)cc1F)N1CCN(Cc2ccc(Br)s2)CC1. The zero-order chi connectivity index (χ0) is 17.3. The molecule has 0 radical (unpaired) electrons. The molecule has 0 aliphatic carbocycles. The molecule has 4 nitrogen and oxygen atoms in total. The highest BCUT2D eigenvalue weighted by Crippen LogP contribution is 2.25. The summed E-state index contributed by atoms with van der Waals surface area (Å²) in [5.74, 6) is -1.85. The summed E-state index contributed by atoms with van der Waals surface area (Å²) in [4.78, 5) is 2.88. The first-order chi connectivity index (χ1) is 11.4. The number of benzene rings is 1. The molecule has 0 N–H and O–H groups in total. The predicted octanol–water partition coefficient (Wildman–Crippen LogP) is 3.30. The van der Waals surface area contributed by atoms with Gasteiger partial charge in [-0.3, -0.25) is 4.90 Å². The van der Waals surface area contributed by atoms with Crippen molar-refractivity contribution in [1.29, 1.82) is 0 Å². The summed E-state index contributed by atoms with van der Waals surface area (Å²) in [6.07, 6.45) is 0. The molecule has 1 aliphatic heterocycles. The van der Waals surface area contributed by atoms with E-state index in [9.17, 15) is 17.2 Å². The van der Waals surface area contributed by atoms with Crippen molar-refractivity contribution in [3.05, 3.63) is 50.6 Å².